The van der Waals surface area contributed by atoms with Crippen molar-refractivity contribution >= 4 is 11.6 Å². The van der Waals surface area contributed by atoms with Crippen molar-refractivity contribution in [3.05, 3.63) is 71.1 Å². The minimum atomic E-state index is -0.799. The van der Waals surface area contributed by atoms with Crippen LogP contribution in [0, 0.1) is 25.5 Å². The predicted octanol–water partition coefficient (Wildman–Crippen LogP) is 4.47. The molecule has 0 radical (unpaired) electrons. The number of hydrogen-bond acceptors (Lipinski definition) is 4. The van der Waals surface area contributed by atoms with Crippen LogP contribution in [-0.4, -0.2) is 22.3 Å². The zero-order valence-corrected chi connectivity index (χ0v) is 16.3. The quantitative estimate of drug-likeness (QED) is 0.635. The molecule has 0 spiro atoms. The van der Waals surface area contributed by atoms with Crippen LogP contribution >= 0.6 is 0 Å². The van der Waals surface area contributed by atoms with Crippen LogP contribution in [0.15, 0.2) is 42.5 Å². The van der Waals surface area contributed by atoms with E-state index in [1.54, 1.807) is 38.1 Å². The number of amides is 1. The van der Waals surface area contributed by atoms with Crippen LogP contribution in [0.5, 0.6) is 11.5 Å². The van der Waals surface area contributed by atoms with Crippen LogP contribution in [0.3, 0.4) is 0 Å². The van der Waals surface area contributed by atoms with E-state index in [9.17, 15) is 13.6 Å². The second-order valence-corrected chi connectivity index (χ2v) is 6.28. The molecular weight excluding hydrogens is 380 g/mol. The molecule has 0 saturated carbocycles. The lowest BCUT2D eigenvalue weighted by Gasteiger charge is -2.11. The minimum absolute atomic E-state index is 0.0878. The van der Waals surface area contributed by atoms with Gasteiger partial charge in [-0.05, 0) is 45.0 Å². The molecule has 152 valence electrons. The molecule has 8 heteroatoms. The molecule has 1 amide bonds. The van der Waals surface area contributed by atoms with E-state index in [0.717, 1.165) is 12.1 Å². The lowest BCUT2D eigenvalue weighted by atomic mass is 10.1. The van der Waals surface area contributed by atoms with Crippen molar-refractivity contribution in [2.24, 2.45) is 0 Å². The number of anilines is 1. The van der Waals surface area contributed by atoms with Gasteiger partial charge in [0.15, 0.2) is 18.3 Å². The summed E-state index contributed by atoms with van der Waals surface area (Å²) in [4.78, 5) is 12.7. The van der Waals surface area contributed by atoms with Crippen molar-refractivity contribution in [1.82, 2.24) is 9.78 Å². The average Bonchev–Trinajstić information content (AvgIpc) is 2.95. The first-order valence-corrected chi connectivity index (χ1v) is 9.05. The first kappa shape index (κ1) is 20.3. The summed E-state index contributed by atoms with van der Waals surface area (Å²) in [6, 6.07) is 10.0. The van der Waals surface area contributed by atoms with Crippen LogP contribution in [0.2, 0.25) is 0 Å². The number of halogens is 2. The second kappa shape index (κ2) is 8.72. The number of carbonyl (C=O) groups excluding carboxylic acids is 1. The SMILES string of the molecule is CCOc1ccccc1C(=O)Nc1c(C)nn(COc2ccc(F)cc2F)c1C. The Morgan fingerprint density at radius 1 is 1.10 bits per heavy atom. The third kappa shape index (κ3) is 4.53. The topological polar surface area (TPSA) is 65.4 Å². The number of aromatic nitrogens is 2. The van der Waals surface area contributed by atoms with Crippen LogP contribution in [0.25, 0.3) is 0 Å². The van der Waals surface area contributed by atoms with E-state index in [-0.39, 0.29) is 18.4 Å². The third-order valence-corrected chi connectivity index (χ3v) is 4.29. The molecule has 1 N–H and O–H groups in total. The molecule has 0 fully saturated rings. The predicted molar refractivity (Wildman–Crippen MR) is 104 cm³/mol. The van der Waals surface area contributed by atoms with E-state index in [1.807, 2.05) is 6.92 Å². The van der Waals surface area contributed by atoms with E-state index in [2.05, 4.69) is 10.4 Å². The number of rotatable bonds is 7. The van der Waals surface area contributed by atoms with Crippen LogP contribution in [0.4, 0.5) is 14.5 Å². The highest BCUT2D eigenvalue weighted by molar-refractivity contribution is 6.06. The fraction of sp³-hybridized carbons (Fsp3) is 0.238. The molecule has 29 heavy (non-hydrogen) atoms. The molecule has 1 aromatic heterocycles. The fourth-order valence-corrected chi connectivity index (χ4v) is 2.84. The Kier molecular flexibility index (Phi) is 6.11. The highest BCUT2D eigenvalue weighted by atomic mass is 19.1. The summed E-state index contributed by atoms with van der Waals surface area (Å²) in [7, 11) is 0. The van der Waals surface area contributed by atoms with Crippen molar-refractivity contribution in [1.29, 1.82) is 0 Å². The maximum atomic E-state index is 13.7. The number of para-hydroxylation sites is 1. The van der Waals surface area contributed by atoms with Gasteiger partial charge in [-0.1, -0.05) is 12.1 Å². The molecule has 0 aliphatic rings. The number of aryl methyl sites for hydroxylation is 1. The van der Waals surface area contributed by atoms with Crippen LogP contribution in [0.1, 0.15) is 28.7 Å². The highest BCUT2D eigenvalue weighted by Crippen LogP contribution is 2.24. The Morgan fingerprint density at radius 3 is 2.59 bits per heavy atom. The smallest absolute Gasteiger partial charge is 0.259 e. The highest BCUT2D eigenvalue weighted by Gasteiger charge is 2.18. The molecule has 2 aromatic carbocycles. The largest absolute Gasteiger partial charge is 0.493 e. The summed E-state index contributed by atoms with van der Waals surface area (Å²) in [5.41, 5.74) is 2.15. The molecule has 0 saturated heterocycles. The Morgan fingerprint density at radius 2 is 1.86 bits per heavy atom. The van der Waals surface area contributed by atoms with Gasteiger partial charge in [0, 0.05) is 6.07 Å². The number of ether oxygens (including phenoxy) is 2. The van der Waals surface area contributed by atoms with E-state index < -0.39 is 11.6 Å². The van der Waals surface area contributed by atoms with Gasteiger partial charge in [-0.15, -0.1) is 0 Å². The van der Waals surface area contributed by atoms with Gasteiger partial charge in [-0.3, -0.25) is 4.79 Å². The monoisotopic (exact) mass is 401 g/mol. The summed E-state index contributed by atoms with van der Waals surface area (Å²) in [6.45, 7) is 5.69. The summed E-state index contributed by atoms with van der Waals surface area (Å²) >= 11 is 0. The van der Waals surface area contributed by atoms with Crippen molar-refractivity contribution in [3.8, 4) is 11.5 Å². The normalized spacial score (nSPS) is 10.7. The fourth-order valence-electron chi connectivity index (χ4n) is 2.84. The molecule has 3 aromatic rings. The molecule has 0 aliphatic heterocycles. The Labute approximate surface area is 167 Å². The first-order valence-electron chi connectivity index (χ1n) is 9.05. The molecular formula is C21H21F2N3O3. The molecule has 0 unspecified atom stereocenters. The van der Waals surface area contributed by atoms with Crippen LogP contribution in [-0.2, 0) is 6.73 Å². The summed E-state index contributed by atoms with van der Waals surface area (Å²) < 4.78 is 39.1. The van der Waals surface area contributed by atoms with Gasteiger partial charge >= 0.3 is 0 Å². The average molecular weight is 401 g/mol. The van der Waals surface area contributed by atoms with E-state index in [1.165, 1.54) is 10.7 Å². The van der Waals surface area contributed by atoms with Crippen LogP contribution < -0.4 is 14.8 Å². The lowest BCUT2D eigenvalue weighted by Crippen LogP contribution is -2.15. The van der Waals surface area contributed by atoms with E-state index in [0.29, 0.717) is 35.0 Å². The zero-order chi connectivity index (χ0) is 21.0. The number of nitrogens with one attached hydrogen (secondary N) is 1. The van der Waals surface area contributed by atoms with Gasteiger partial charge in [-0.2, -0.15) is 5.10 Å². The summed E-state index contributed by atoms with van der Waals surface area (Å²) in [5, 5.41) is 7.18. The zero-order valence-electron chi connectivity index (χ0n) is 16.3. The van der Waals surface area contributed by atoms with Gasteiger partial charge < -0.3 is 14.8 Å². The molecule has 0 aliphatic carbocycles. The van der Waals surface area contributed by atoms with E-state index >= 15 is 0 Å². The Hall–Kier alpha value is -3.42. The first-order chi connectivity index (χ1) is 13.9. The number of hydrogen-bond donors (Lipinski definition) is 1. The van der Waals surface area contributed by atoms with Gasteiger partial charge in [-0.25, -0.2) is 13.5 Å². The second-order valence-electron chi connectivity index (χ2n) is 6.28. The molecule has 0 bridgehead atoms. The number of nitrogens with zero attached hydrogens (tertiary/aromatic N) is 2. The molecule has 3 rings (SSSR count). The Bertz CT molecular complexity index is 1030. The molecule has 1 heterocycles. The number of carbonyl (C=O) groups is 1. The maximum Gasteiger partial charge on any atom is 0.259 e. The van der Waals surface area contributed by atoms with Crippen molar-refractivity contribution < 1.29 is 23.0 Å². The minimum Gasteiger partial charge on any atom is -0.493 e. The van der Waals surface area contributed by atoms with E-state index in [4.69, 9.17) is 9.47 Å². The molecule has 6 nitrogen and oxygen atoms in total. The van der Waals surface area contributed by atoms with Gasteiger partial charge in [0.1, 0.15) is 11.6 Å². The summed E-state index contributed by atoms with van der Waals surface area (Å²) in [5.74, 6) is -1.41. The van der Waals surface area contributed by atoms with Crippen molar-refractivity contribution in [2.45, 2.75) is 27.5 Å². The molecule has 0 atom stereocenters. The number of benzene rings is 2. The maximum absolute atomic E-state index is 13.7. The third-order valence-electron chi connectivity index (χ3n) is 4.29. The van der Waals surface area contributed by atoms with Gasteiger partial charge in [0.05, 0.1) is 29.2 Å². The van der Waals surface area contributed by atoms with Crippen molar-refractivity contribution in [3.63, 3.8) is 0 Å². The van der Waals surface area contributed by atoms with Crippen molar-refractivity contribution in [2.75, 3.05) is 11.9 Å². The standard InChI is InChI=1S/C21H21F2N3O3/c1-4-28-18-8-6-5-7-16(18)21(27)24-20-13(2)25-26(14(20)3)12-29-19-10-9-15(22)11-17(19)23/h5-11H,4,12H2,1-3H3,(H,24,27). The summed E-state index contributed by atoms with van der Waals surface area (Å²) in [6.07, 6.45) is 0. The van der Waals surface area contributed by atoms with Gasteiger partial charge in [0.25, 0.3) is 5.91 Å². The Balaban J connectivity index is 1.76. The van der Waals surface area contributed by atoms with Gasteiger partial charge in [0.2, 0.25) is 0 Å². The lowest BCUT2D eigenvalue weighted by molar-refractivity contribution is 0.102.